The lowest BCUT2D eigenvalue weighted by atomic mass is 9.77. The van der Waals surface area contributed by atoms with Gasteiger partial charge in [0.25, 0.3) is 0 Å². The molecule has 0 saturated carbocycles. The highest BCUT2D eigenvalue weighted by Gasteiger charge is 2.15. The van der Waals surface area contributed by atoms with Crippen LogP contribution in [-0.4, -0.2) is 32.3 Å². The molecule has 7 heteroatoms. The molecule has 0 atom stereocenters. The summed E-state index contributed by atoms with van der Waals surface area (Å²) >= 11 is 1.46. The average Bonchev–Trinajstić information content (AvgIpc) is 2.79. The first kappa shape index (κ1) is 11.2. The topological polar surface area (TPSA) is 82.0 Å². The molecule has 3 N–H and O–H groups in total. The number of rotatable bonds is 4. The maximum atomic E-state index is 9.17. The van der Waals surface area contributed by atoms with Gasteiger partial charge in [-0.1, -0.05) is 36.0 Å². The third kappa shape index (κ3) is 2.63. The zero-order chi connectivity index (χ0) is 11.4. The van der Waals surface area contributed by atoms with Crippen LogP contribution in [0.2, 0.25) is 0 Å². The highest BCUT2D eigenvalue weighted by molar-refractivity contribution is 7.98. The lowest BCUT2D eigenvalue weighted by molar-refractivity contribution is 0.425. The van der Waals surface area contributed by atoms with Crippen LogP contribution in [0.4, 0.5) is 0 Å². The minimum atomic E-state index is -1.44. The lowest BCUT2D eigenvalue weighted by Crippen LogP contribution is -2.32. The maximum Gasteiger partial charge on any atom is 0.488 e. The molecule has 0 fully saturated rings. The van der Waals surface area contributed by atoms with Crippen molar-refractivity contribution in [3.8, 4) is 0 Å². The van der Waals surface area contributed by atoms with Crippen molar-refractivity contribution in [2.45, 2.75) is 10.9 Å². The van der Waals surface area contributed by atoms with Crippen molar-refractivity contribution < 1.29 is 10.0 Å². The summed E-state index contributed by atoms with van der Waals surface area (Å²) in [6.45, 7) is 0. The Morgan fingerprint density at radius 2 is 2.12 bits per heavy atom. The van der Waals surface area contributed by atoms with Gasteiger partial charge in [-0.15, -0.1) is 0 Å². The molecule has 0 saturated heterocycles. The molecule has 0 spiro atoms. The molecule has 1 aromatic carbocycles. The molecule has 16 heavy (non-hydrogen) atoms. The van der Waals surface area contributed by atoms with Crippen molar-refractivity contribution in [1.82, 2.24) is 15.2 Å². The van der Waals surface area contributed by atoms with Crippen LogP contribution in [-0.2, 0) is 5.75 Å². The number of aromatic amines is 1. The Bertz CT molecular complexity index is 450. The van der Waals surface area contributed by atoms with Gasteiger partial charge < -0.3 is 10.0 Å². The second-order valence-corrected chi connectivity index (χ2v) is 4.12. The first-order valence-electron chi connectivity index (χ1n) is 4.69. The molecule has 1 aromatic heterocycles. The van der Waals surface area contributed by atoms with Crippen molar-refractivity contribution in [2.24, 2.45) is 0 Å². The molecule has 0 radical (unpaired) electrons. The number of aromatic nitrogens is 3. The Hall–Kier alpha value is -1.31. The minimum Gasteiger partial charge on any atom is -0.423 e. The molecular formula is C9H10BN3O2S. The Morgan fingerprint density at radius 1 is 1.31 bits per heavy atom. The fourth-order valence-corrected chi connectivity index (χ4v) is 2.12. The van der Waals surface area contributed by atoms with Crippen molar-refractivity contribution in [2.75, 3.05) is 0 Å². The van der Waals surface area contributed by atoms with Gasteiger partial charge in [0, 0.05) is 5.75 Å². The Kier molecular flexibility index (Phi) is 3.60. The molecule has 0 aliphatic heterocycles. The summed E-state index contributed by atoms with van der Waals surface area (Å²) in [4.78, 5) is 3.98. The summed E-state index contributed by atoms with van der Waals surface area (Å²) in [6.07, 6.45) is 1.44. The Morgan fingerprint density at radius 3 is 2.81 bits per heavy atom. The predicted octanol–water partition coefficient (Wildman–Crippen LogP) is -0.223. The van der Waals surface area contributed by atoms with Gasteiger partial charge in [-0.2, -0.15) is 5.10 Å². The van der Waals surface area contributed by atoms with E-state index in [4.69, 9.17) is 0 Å². The molecule has 5 nitrogen and oxygen atoms in total. The predicted molar refractivity (Wildman–Crippen MR) is 62.2 cm³/mol. The molecule has 1 heterocycles. The monoisotopic (exact) mass is 235 g/mol. The van der Waals surface area contributed by atoms with E-state index in [-0.39, 0.29) is 0 Å². The molecule has 82 valence electrons. The summed E-state index contributed by atoms with van der Waals surface area (Å²) < 4.78 is 0. The van der Waals surface area contributed by atoms with Gasteiger partial charge in [0.15, 0.2) is 5.16 Å². The number of nitrogens with zero attached hydrogens (tertiary/aromatic N) is 2. The van der Waals surface area contributed by atoms with Gasteiger partial charge in [0.05, 0.1) is 0 Å². The third-order valence-corrected chi connectivity index (χ3v) is 3.02. The molecule has 2 aromatic rings. The zero-order valence-corrected chi connectivity index (χ0v) is 9.18. The highest BCUT2D eigenvalue weighted by atomic mass is 32.2. The smallest absolute Gasteiger partial charge is 0.423 e. The van der Waals surface area contributed by atoms with Gasteiger partial charge in [-0.3, -0.25) is 5.10 Å². The number of H-pyrrole nitrogens is 1. The van der Waals surface area contributed by atoms with E-state index < -0.39 is 7.12 Å². The number of nitrogens with one attached hydrogen (secondary N) is 1. The SMILES string of the molecule is OB(O)c1ccccc1CSc1ncn[nH]1. The molecule has 0 aliphatic rings. The van der Waals surface area contributed by atoms with Crippen LogP contribution in [0.1, 0.15) is 5.56 Å². The van der Waals surface area contributed by atoms with Crippen LogP contribution in [0.3, 0.4) is 0 Å². The molecule has 0 amide bonds. The van der Waals surface area contributed by atoms with Crippen molar-refractivity contribution in [3.05, 3.63) is 36.2 Å². The van der Waals surface area contributed by atoms with E-state index in [2.05, 4.69) is 15.2 Å². The van der Waals surface area contributed by atoms with Gasteiger partial charge in [0.1, 0.15) is 6.33 Å². The highest BCUT2D eigenvalue weighted by Crippen LogP contribution is 2.16. The number of hydrogen-bond donors (Lipinski definition) is 3. The fraction of sp³-hybridized carbons (Fsp3) is 0.111. The van der Waals surface area contributed by atoms with Crippen LogP contribution in [0.15, 0.2) is 35.7 Å². The van der Waals surface area contributed by atoms with Crippen LogP contribution in [0, 0.1) is 0 Å². The fourth-order valence-electron chi connectivity index (χ4n) is 1.33. The largest absolute Gasteiger partial charge is 0.488 e. The average molecular weight is 235 g/mol. The van der Waals surface area contributed by atoms with Crippen LogP contribution in [0.5, 0.6) is 0 Å². The lowest BCUT2D eigenvalue weighted by Gasteiger charge is -2.06. The third-order valence-electron chi connectivity index (χ3n) is 2.09. The van der Waals surface area contributed by atoms with Gasteiger partial charge in [-0.05, 0) is 11.0 Å². The van der Waals surface area contributed by atoms with Crippen LogP contribution < -0.4 is 5.46 Å². The summed E-state index contributed by atoms with van der Waals surface area (Å²) in [5.74, 6) is 0.614. The van der Waals surface area contributed by atoms with Crippen molar-refractivity contribution in [3.63, 3.8) is 0 Å². The number of benzene rings is 1. The first-order valence-corrected chi connectivity index (χ1v) is 5.68. The zero-order valence-electron chi connectivity index (χ0n) is 8.37. The molecule has 0 aliphatic carbocycles. The van der Waals surface area contributed by atoms with E-state index in [0.717, 1.165) is 5.56 Å². The van der Waals surface area contributed by atoms with E-state index in [0.29, 0.717) is 16.4 Å². The quantitative estimate of drug-likeness (QED) is 0.504. The summed E-state index contributed by atoms with van der Waals surface area (Å²) in [5.41, 5.74) is 1.40. The van der Waals surface area contributed by atoms with E-state index >= 15 is 0 Å². The second kappa shape index (κ2) is 5.15. The van der Waals surface area contributed by atoms with E-state index in [1.807, 2.05) is 12.1 Å². The van der Waals surface area contributed by atoms with Crippen LogP contribution >= 0.6 is 11.8 Å². The maximum absolute atomic E-state index is 9.17. The van der Waals surface area contributed by atoms with E-state index in [9.17, 15) is 10.0 Å². The minimum absolute atomic E-state index is 0.523. The Labute approximate surface area is 97.1 Å². The molecule has 2 rings (SSSR count). The summed E-state index contributed by atoms with van der Waals surface area (Å²) in [7, 11) is -1.44. The van der Waals surface area contributed by atoms with Gasteiger partial charge >= 0.3 is 7.12 Å². The summed E-state index contributed by atoms with van der Waals surface area (Å²) in [5, 5.41) is 25.5. The number of thioether (sulfide) groups is 1. The summed E-state index contributed by atoms with van der Waals surface area (Å²) in [6, 6.07) is 7.19. The Balaban J connectivity index is 2.09. The normalized spacial score (nSPS) is 10.4. The molecule has 0 unspecified atom stereocenters. The van der Waals surface area contributed by atoms with E-state index in [1.165, 1.54) is 18.1 Å². The van der Waals surface area contributed by atoms with Gasteiger partial charge in [0.2, 0.25) is 0 Å². The standard InChI is InChI=1S/C9H10BN3O2S/c14-10(15)8-4-2-1-3-7(8)5-16-9-11-6-12-13-9/h1-4,6,14-15H,5H2,(H,11,12,13). The van der Waals surface area contributed by atoms with Crippen molar-refractivity contribution in [1.29, 1.82) is 0 Å². The van der Waals surface area contributed by atoms with Crippen molar-refractivity contribution >= 4 is 24.3 Å². The number of hydrogen-bond acceptors (Lipinski definition) is 5. The second-order valence-electron chi connectivity index (χ2n) is 3.15. The van der Waals surface area contributed by atoms with Gasteiger partial charge in [-0.25, -0.2) is 4.98 Å². The van der Waals surface area contributed by atoms with Crippen LogP contribution in [0.25, 0.3) is 0 Å². The molecular weight excluding hydrogens is 225 g/mol. The molecule has 0 bridgehead atoms. The first-order chi connectivity index (χ1) is 7.77. The van der Waals surface area contributed by atoms with E-state index in [1.54, 1.807) is 12.1 Å².